The van der Waals surface area contributed by atoms with Gasteiger partial charge in [0.15, 0.2) is 0 Å². The fourth-order valence-electron chi connectivity index (χ4n) is 1.46. The van der Waals surface area contributed by atoms with E-state index in [1.165, 1.54) is 0 Å². The Morgan fingerprint density at radius 2 is 1.88 bits per heavy atom. The van der Waals surface area contributed by atoms with Crippen LogP contribution in [0.4, 0.5) is 0 Å². The zero-order valence-electron chi connectivity index (χ0n) is 11.3. The molecule has 17 heavy (non-hydrogen) atoms. The highest BCUT2D eigenvalue weighted by molar-refractivity contribution is 8.01. The van der Waals surface area contributed by atoms with E-state index >= 15 is 0 Å². The van der Waals surface area contributed by atoms with E-state index in [1.54, 1.807) is 23.6 Å². The number of thioether (sulfide) groups is 1. The van der Waals surface area contributed by atoms with Crippen LogP contribution in [0, 0.1) is 0 Å². The van der Waals surface area contributed by atoms with Crippen molar-refractivity contribution in [1.82, 2.24) is 4.90 Å². The summed E-state index contributed by atoms with van der Waals surface area (Å²) in [5.74, 6) is -0.449. The largest absolute Gasteiger partial charge is 0.481 e. The summed E-state index contributed by atoms with van der Waals surface area (Å²) in [4.78, 5) is 24.2. The van der Waals surface area contributed by atoms with Crippen molar-refractivity contribution in [3.63, 3.8) is 0 Å². The van der Waals surface area contributed by atoms with Crippen molar-refractivity contribution in [3.05, 3.63) is 0 Å². The summed E-state index contributed by atoms with van der Waals surface area (Å²) in [7, 11) is 0. The Kier molecular flexibility index (Phi) is 6.60. The van der Waals surface area contributed by atoms with Crippen LogP contribution in [0.15, 0.2) is 0 Å². The Labute approximate surface area is 108 Å². The van der Waals surface area contributed by atoms with Gasteiger partial charge in [-0.05, 0) is 13.8 Å². The number of hydrogen-bond acceptors (Lipinski definition) is 3. The second-order valence-corrected chi connectivity index (χ2v) is 6.83. The number of aliphatic carboxylic acids is 1. The summed E-state index contributed by atoms with van der Waals surface area (Å²) in [5.41, 5.74) is 0. The molecule has 0 aromatic heterocycles. The zero-order chi connectivity index (χ0) is 13.6. The van der Waals surface area contributed by atoms with E-state index < -0.39 is 5.97 Å². The normalized spacial score (nSPS) is 13.2. The molecule has 0 bridgehead atoms. The summed E-state index contributed by atoms with van der Waals surface area (Å²) in [6.45, 7) is 10.4. The molecule has 100 valence electrons. The van der Waals surface area contributed by atoms with Crippen molar-refractivity contribution in [1.29, 1.82) is 0 Å². The minimum absolute atomic E-state index is 0.000234. The van der Waals surface area contributed by atoms with Crippen LogP contribution < -0.4 is 0 Å². The predicted molar refractivity (Wildman–Crippen MR) is 71.3 cm³/mol. The molecule has 0 aliphatic rings. The molecule has 0 spiro atoms. The molecule has 0 aromatic rings. The number of rotatable bonds is 6. The van der Waals surface area contributed by atoms with Gasteiger partial charge in [0.25, 0.3) is 0 Å². The van der Waals surface area contributed by atoms with Crippen molar-refractivity contribution < 1.29 is 14.7 Å². The van der Waals surface area contributed by atoms with E-state index in [1.807, 2.05) is 6.92 Å². The molecule has 0 aliphatic heterocycles. The molecule has 1 unspecified atom stereocenters. The molecule has 0 saturated heterocycles. The molecule has 0 rings (SSSR count). The predicted octanol–water partition coefficient (Wildman–Crippen LogP) is 2.23. The maximum absolute atomic E-state index is 12.0. The van der Waals surface area contributed by atoms with E-state index in [0.717, 1.165) is 0 Å². The summed E-state index contributed by atoms with van der Waals surface area (Å²) in [5, 5.41) is 8.73. The Hall–Kier alpha value is -0.710. The first kappa shape index (κ1) is 16.3. The van der Waals surface area contributed by atoms with Gasteiger partial charge >= 0.3 is 5.97 Å². The van der Waals surface area contributed by atoms with Crippen molar-refractivity contribution in [3.8, 4) is 0 Å². The third-order valence-electron chi connectivity index (χ3n) is 2.29. The molecule has 0 saturated carbocycles. The van der Waals surface area contributed by atoms with Crippen LogP contribution in [0.1, 0.15) is 41.0 Å². The lowest BCUT2D eigenvalue weighted by Gasteiger charge is -2.28. The topological polar surface area (TPSA) is 57.6 Å². The average Bonchev–Trinajstić information content (AvgIpc) is 2.13. The van der Waals surface area contributed by atoms with Gasteiger partial charge in [-0.2, -0.15) is 0 Å². The molecule has 1 amide bonds. The number of hydrogen-bond donors (Lipinski definition) is 1. The molecule has 0 radical (unpaired) electrons. The van der Waals surface area contributed by atoms with Gasteiger partial charge < -0.3 is 10.0 Å². The smallest absolute Gasteiger partial charge is 0.305 e. The second kappa shape index (κ2) is 6.89. The molecule has 0 aromatic carbocycles. The lowest BCUT2D eigenvalue weighted by Crippen LogP contribution is -2.41. The summed E-state index contributed by atoms with van der Waals surface area (Å²) in [6.07, 6.45) is -0.000234. The van der Waals surface area contributed by atoms with Gasteiger partial charge in [-0.25, -0.2) is 0 Å². The molecule has 0 heterocycles. The van der Waals surface area contributed by atoms with Crippen LogP contribution in [0.3, 0.4) is 0 Å². The van der Waals surface area contributed by atoms with Crippen LogP contribution in [0.25, 0.3) is 0 Å². The van der Waals surface area contributed by atoms with Crippen LogP contribution in [0.5, 0.6) is 0 Å². The summed E-state index contributed by atoms with van der Waals surface area (Å²) < 4.78 is 0.0467. The van der Waals surface area contributed by atoms with Gasteiger partial charge in [-0.3, -0.25) is 9.59 Å². The van der Waals surface area contributed by atoms with E-state index in [4.69, 9.17) is 5.11 Å². The van der Waals surface area contributed by atoms with Crippen LogP contribution in [-0.2, 0) is 9.59 Å². The maximum atomic E-state index is 12.0. The van der Waals surface area contributed by atoms with Crippen molar-refractivity contribution >= 4 is 23.6 Å². The van der Waals surface area contributed by atoms with E-state index in [2.05, 4.69) is 20.8 Å². The first-order valence-electron chi connectivity index (χ1n) is 5.82. The fraction of sp³-hybridized carbons (Fsp3) is 0.833. The lowest BCUT2D eigenvalue weighted by molar-refractivity contribution is -0.139. The minimum Gasteiger partial charge on any atom is -0.481 e. The quantitative estimate of drug-likeness (QED) is 0.796. The Morgan fingerprint density at radius 1 is 1.35 bits per heavy atom. The number of carbonyl (C=O) groups is 2. The number of amides is 1. The molecular formula is C12H23NO3S. The molecule has 5 heteroatoms. The minimum atomic E-state index is -0.868. The lowest BCUT2D eigenvalue weighted by atomic mass is 10.2. The van der Waals surface area contributed by atoms with Gasteiger partial charge in [0.05, 0.1) is 12.2 Å². The van der Waals surface area contributed by atoms with Gasteiger partial charge in [0.2, 0.25) is 5.91 Å². The second-order valence-electron chi connectivity index (χ2n) is 5.03. The highest BCUT2D eigenvalue weighted by Gasteiger charge is 2.22. The number of carboxylic acid groups (broad SMARTS) is 1. The number of nitrogens with zero attached hydrogens (tertiary/aromatic N) is 1. The SMILES string of the molecule is CCN(C(=O)CSC(C)(C)C)C(C)CC(=O)O. The van der Waals surface area contributed by atoms with Gasteiger partial charge in [0.1, 0.15) is 0 Å². The van der Waals surface area contributed by atoms with E-state index in [0.29, 0.717) is 12.3 Å². The average molecular weight is 261 g/mol. The number of carbonyl (C=O) groups excluding carboxylic acids is 1. The van der Waals surface area contributed by atoms with Gasteiger partial charge in [0, 0.05) is 17.3 Å². The summed E-state index contributed by atoms with van der Waals surface area (Å²) in [6, 6.07) is -0.245. The molecule has 4 nitrogen and oxygen atoms in total. The van der Waals surface area contributed by atoms with E-state index in [-0.39, 0.29) is 23.1 Å². The van der Waals surface area contributed by atoms with E-state index in [9.17, 15) is 9.59 Å². The Morgan fingerprint density at radius 3 is 2.24 bits per heavy atom. The monoisotopic (exact) mass is 261 g/mol. The molecule has 0 fully saturated rings. The van der Waals surface area contributed by atoms with Gasteiger partial charge in [-0.15, -0.1) is 11.8 Å². The molecular weight excluding hydrogens is 238 g/mol. The van der Waals surface area contributed by atoms with Crippen LogP contribution >= 0.6 is 11.8 Å². The summed E-state index contributed by atoms with van der Waals surface area (Å²) >= 11 is 1.58. The van der Waals surface area contributed by atoms with Crippen LogP contribution in [0.2, 0.25) is 0 Å². The molecule has 1 atom stereocenters. The molecule has 1 N–H and O–H groups in total. The third kappa shape index (κ3) is 7.26. The highest BCUT2D eigenvalue weighted by atomic mass is 32.2. The van der Waals surface area contributed by atoms with Crippen molar-refractivity contribution in [2.24, 2.45) is 0 Å². The standard InChI is InChI=1S/C12H23NO3S/c1-6-13(9(2)7-11(15)16)10(14)8-17-12(3,4)5/h9H,6-8H2,1-5H3,(H,15,16). The maximum Gasteiger partial charge on any atom is 0.305 e. The zero-order valence-corrected chi connectivity index (χ0v) is 12.1. The molecule has 0 aliphatic carbocycles. The Bertz CT molecular complexity index is 273. The van der Waals surface area contributed by atoms with Crippen molar-refractivity contribution in [2.45, 2.75) is 51.8 Å². The highest BCUT2D eigenvalue weighted by Crippen LogP contribution is 2.23. The van der Waals surface area contributed by atoms with Gasteiger partial charge in [-0.1, -0.05) is 20.8 Å². The third-order valence-corrected chi connectivity index (χ3v) is 3.55. The van der Waals surface area contributed by atoms with Crippen LogP contribution in [-0.4, -0.2) is 45.0 Å². The number of carboxylic acids is 1. The Balaban J connectivity index is 4.35. The first-order valence-corrected chi connectivity index (χ1v) is 6.81. The van der Waals surface area contributed by atoms with Crippen molar-refractivity contribution in [2.75, 3.05) is 12.3 Å². The first-order chi connectivity index (χ1) is 7.67. The fourth-order valence-corrected chi connectivity index (χ4v) is 2.18.